The highest BCUT2D eigenvalue weighted by Crippen LogP contribution is 2.20. The molecule has 4 rings (SSSR count). The third kappa shape index (κ3) is 4.46. The Morgan fingerprint density at radius 3 is 2.83 bits per heavy atom. The Balaban J connectivity index is 1.47. The van der Waals surface area contributed by atoms with Crippen LogP contribution in [0.3, 0.4) is 0 Å². The van der Waals surface area contributed by atoms with Gasteiger partial charge in [0, 0.05) is 31.5 Å². The standard InChI is InChI=1S/C23H28FN5O/c1-18-8-2-3-12-27(18)15-7-11-25-22(30)21-17-26-29(20-10-6-9-19(24)16-20)23(21)28-13-4-5-14-28/h4-6,9-10,13-14,16-18H,2-3,7-8,11-12,15H2,1H3,(H,25,30)/t18-/m1/s1. The summed E-state index contributed by atoms with van der Waals surface area (Å²) in [6, 6.07) is 10.6. The molecule has 1 fully saturated rings. The highest BCUT2D eigenvalue weighted by Gasteiger charge is 2.21. The molecule has 1 aliphatic rings. The second-order valence-corrected chi connectivity index (χ2v) is 7.85. The van der Waals surface area contributed by atoms with Crippen molar-refractivity contribution in [1.82, 2.24) is 24.6 Å². The molecular weight excluding hydrogens is 381 g/mol. The van der Waals surface area contributed by atoms with Crippen molar-refractivity contribution < 1.29 is 9.18 Å². The third-order valence-electron chi connectivity index (χ3n) is 5.74. The lowest BCUT2D eigenvalue weighted by atomic mass is 10.0. The zero-order chi connectivity index (χ0) is 20.9. The van der Waals surface area contributed by atoms with Crippen molar-refractivity contribution in [3.63, 3.8) is 0 Å². The number of hydrogen-bond donors (Lipinski definition) is 1. The first-order valence-electron chi connectivity index (χ1n) is 10.6. The van der Waals surface area contributed by atoms with E-state index in [0.29, 0.717) is 29.7 Å². The second kappa shape index (κ2) is 9.26. The minimum atomic E-state index is -0.348. The van der Waals surface area contributed by atoms with Crippen LogP contribution in [0.15, 0.2) is 55.0 Å². The van der Waals surface area contributed by atoms with E-state index in [9.17, 15) is 9.18 Å². The van der Waals surface area contributed by atoms with Gasteiger partial charge in [-0.25, -0.2) is 9.07 Å². The number of hydrogen-bond acceptors (Lipinski definition) is 3. The van der Waals surface area contributed by atoms with E-state index in [1.165, 1.54) is 31.4 Å². The van der Waals surface area contributed by atoms with Gasteiger partial charge in [0.2, 0.25) is 0 Å². The number of rotatable bonds is 7. The Hall–Kier alpha value is -2.93. The predicted octanol–water partition coefficient (Wildman–Crippen LogP) is 3.80. The van der Waals surface area contributed by atoms with Crippen LogP contribution in [0, 0.1) is 5.82 Å². The number of halogens is 1. The molecule has 1 atom stereocenters. The van der Waals surface area contributed by atoms with Gasteiger partial charge in [0.1, 0.15) is 11.4 Å². The summed E-state index contributed by atoms with van der Waals surface area (Å²) < 4.78 is 17.2. The Morgan fingerprint density at radius 2 is 2.07 bits per heavy atom. The lowest BCUT2D eigenvalue weighted by Gasteiger charge is -2.33. The molecular formula is C23H28FN5O. The van der Waals surface area contributed by atoms with E-state index in [4.69, 9.17) is 0 Å². The van der Waals surface area contributed by atoms with E-state index in [1.807, 2.05) is 29.1 Å². The number of carbonyl (C=O) groups is 1. The first-order chi connectivity index (χ1) is 14.6. The van der Waals surface area contributed by atoms with Gasteiger partial charge in [0.25, 0.3) is 5.91 Å². The minimum absolute atomic E-state index is 0.173. The first kappa shape index (κ1) is 20.3. The Labute approximate surface area is 176 Å². The van der Waals surface area contributed by atoms with Gasteiger partial charge < -0.3 is 14.8 Å². The number of carbonyl (C=O) groups excluding carboxylic acids is 1. The molecule has 0 unspecified atom stereocenters. The number of nitrogens with zero attached hydrogens (tertiary/aromatic N) is 4. The van der Waals surface area contributed by atoms with E-state index in [0.717, 1.165) is 19.5 Å². The van der Waals surface area contributed by atoms with Crippen molar-refractivity contribution in [3.05, 3.63) is 66.4 Å². The molecule has 3 heterocycles. The maximum Gasteiger partial charge on any atom is 0.256 e. The van der Waals surface area contributed by atoms with Crippen molar-refractivity contribution in [2.75, 3.05) is 19.6 Å². The number of nitrogens with one attached hydrogen (secondary N) is 1. The fraction of sp³-hybridized carbons (Fsp3) is 0.391. The van der Waals surface area contributed by atoms with Crippen LogP contribution in [0.5, 0.6) is 0 Å². The van der Waals surface area contributed by atoms with Crippen LogP contribution >= 0.6 is 0 Å². The Kier molecular flexibility index (Phi) is 6.28. The van der Waals surface area contributed by atoms with Crippen LogP contribution in [0.1, 0.15) is 43.0 Å². The predicted molar refractivity (Wildman–Crippen MR) is 115 cm³/mol. The lowest BCUT2D eigenvalue weighted by Crippen LogP contribution is -2.39. The molecule has 158 valence electrons. The first-order valence-corrected chi connectivity index (χ1v) is 10.6. The molecule has 1 aromatic carbocycles. The van der Waals surface area contributed by atoms with Crippen molar-refractivity contribution in [3.8, 4) is 11.5 Å². The van der Waals surface area contributed by atoms with Crippen molar-refractivity contribution in [2.24, 2.45) is 0 Å². The zero-order valence-corrected chi connectivity index (χ0v) is 17.3. The summed E-state index contributed by atoms with van der Waals surface area (Å²) in [6.45, 7) is 5.03. The van der Waals surface area contributed by atoms with Crippen LogP contribution in [-0.4, -0.2) is 50.8 Å². The lowest BCUT2D eigenvalue weighted by molar-refractivity contribution is 0.0949. The number of piperidine rings is 1. The van der Waals surface area contributed by atoms with E-state index in [2.05, 4.69) is 22.2 Å². The smallest absolute Gasteiger partial charge is 0.256 e. The molecule has 0 saturated carbocycles. The summed E-state index contributed by atoms with van der Waals surface area (Å²) in [6.07, 6.45) is 9.98. The van der Waals surface area contributed by atoms with Gasteiger partial charge in [-0.3, -0.25) is 4.79 Å². The Bertz CT molecular complexity index is 981. The van der Waals surface area contributed by atoms with Gasteiger partial charge in [0.15, 0.2) is 5.82 Å². The summed E-state index contributed by atoms with van der Waals surface area (Å²) in [4.78, 5) is 15.4. The maximum atomic E-state index is 13.7. The van der Waals surface area contributed by atoms with E-state index >= 15 is 0 Å². The average Bonchev–Trinajstić information content (AvgIpc) is 3.41. The monoisotopic (exact) mass is 409 g/mol. The molecule has 1 saturated heterocycles. The molecule has 2 aromatic heterocycles. The SMILES string of the molecule is C[C@@H]1CCCCN1CCCNC(=O)c1cnn(-c2cccc(F)c2)c1-n1cccc1. The topological polar surface area (TPSA) is 55.1 Å². The molecule has 7 heteroatoms. The molecule has 6 nitrogen and oxygen atoms in total. The average molecular weight is 410 g/mol. The van der Waals surface area contributed by atoms with Crippen molar-refractivity contribution >= 4 is 5.91 Å². The van der Waals surface area contributed by atoms with E-state index in [-0.39, 0.29) is 11.7 Å². The number of aromatic nitrogens is 3. The highest BCUT2D eigenvalue weighted by atomic mass is 19.1. The molecule has 3 aromatic rings. The zero-order valence-electron chi connectivity index (χ0n) is 17.3. The molecule has 0 radical (unpaired) electrons. The van der Waals surface area contributed by atoms with Crippen LogP contribution < -0.4 is 5.32 Å². The van der Waals surface area contributed by atoms with Gasteiger partial charge in [-0.2, -0.15) is 5.10 Å². The van der Waals surface area contributed by atoms with E-state index in [1.54, 1.807) is 23.0 Å². The molecule has 0 aliphatic carbocycles. The summed E-state index contributed by atoms with van der Waals surface area (Å²) in [5.74, 6) is 0.0696. The quantitative estimate of drug-likeness (QED) is 0.604. The summed E-state index contributed by atoms with van der Waals surface area (Å²) in [5, 5.41) is 7.40. The summed E-state index contributed by atoms with van der Waals surface area (Å²) in [7, 11) is 0. The highest BCUT2D eigenvalue weighted by molar-refractivity contribution is 5.97. The number of amides is 1. The third-order valence-corrected chi connectivity index (χ3v) is 5.74. The van der Waals surface area contributed by atoms with Gasteiger partial charge in [-0.15, -0.1) is 0 Å². The van der Waals surface area contributed by atoms with Gasteiger partial charge >= 0.3 is 0 Å². The summed E-state index contributed by atoms with van der Waals surface area (Å²) >= 11 is 0. The number of likely N-dealkylation sites (tertiary alicyclic amines) is 1. The maximum absolute atomic E-state index is 13.7. The van der Waals surface area contributed by atoms with E-state index < -0.39 is 0 Å². The largest absolute Gasteiger partial charge is 0.352 e. The van der Waals surface area contributed by atoms with Crippen LogP contribution in [0.2, 0.25) is 0 Å². The summed E-state index contributed by atoms with van der Waals surface area (Å²) in [5.41, 5.74) is 1.03. The molecule has 1 N–H and O–H groups in total. The van der Waals surface area contributed by atoms with Gasteiger partial charge in [-0.1, -0.05) is 12.5 Å². The van der Waals surface area contributed by atoms with Gasteiger partial charge in [-0.05, 0) is 63.1 Å². The number of benzene rings is 1. The normalized spacial score (nSPS) is 17.2. The molecule has 30 heavy (non-hydrogen) atoms. The van der Waals surface area contributed by atoms with Crippen LogP contribution in [0.4, 0.5) is 4.39 Å². The molecule has 1 amide bonds. The van der Waals surface area contributed by atoms with Crippen molar-refractivity contribution in [1.29, 1.82) is 0 Å². The molecule has 1 aliphatic heterocycles. The van der Waals surface area contributed by atoms with Crippen LogP contribution in [0.25, 0.3) is 11.5 Å². The van der Waals surface area contributed by atoms with Crippen molar-refractivity contribution in [2.45, 2.75) is 38.6 Å². The Morgan fingerprint density at radius 1 is 1.23 bits per heavy atom. The fourth-order valence-corrected chi connectivity index (χ4v) is 4.09. The molecule has 0 bridgehead atoms. The van der Waals surface area contributed by atoms with Gasteiger partial charge in [0.05, 0.1) is 11.9 Å². The molecule has 0 spiro atoms. The fourth-order valence-electron chi connectivity index (χ4n) is 4.09. The second-order valence-electron chi connectivity index (χ2n) is 7.85. The van der Waals surface area contributed by atoms with Crippen LogP contribution in [-0.2, 0) is 0 Å². The minimum Gasteiger partial charge on any atom is -0.352 e.